The molecule has 0 radical (unpaired) electrons. The Balaban J connectivity index is 0. The minimum absolute atomic E-state index is 0. The highest BCUT2D eigenvalue weighted by molar-refractivity contribution is 14.1. The van der Waals surface area contributed by atoms with Crippen LogP contribution in [0.5, 0.6) is 0 Å². The summed E-state index contributed by atoms with van der Waals surface area (Å²) in [6.45, 7) is 0. The highest BCUT2D eigenvalue weighted by atomic mass is 127. The second-order valence-corrected chi connectivity index (χ2v) is 6.38. The van der Waals surface area contributed by atoms with Gasteiger partial charge in [-0.2, -0.15) is 8.57 Å². The normalized spacial score (nSPS) is 8.95. The lowest BCUT2D eigenvalue weighted by atomic mass is 10.1. The Kier molecular flexibility index (Phi) is 11.2. The molecule has 0 saturated heterocycles. The maximum absolute atomic E-state index is 11.2. The highest BCUT2D eigenvalue weighted by Gasteiger charge is 2.27. The van der Waals surface area contributed by atoms with Gasteiger partial charge in [-0.25, -0.2) is 9.59 Å². The molecule has 1 aromatic carbocycles. The fourth-order valence-corrected chi connectivity index (χ4v) is 6.06. The van der Waals surface area contributed by atoms with Crippen molar-refractivity contribution in [2.24, 2.45) is 4.36 Å². The number of carboxylic acids is 2. The molecule has 112 valence electrons. The largest absolute Gasteiger partial charge is 0.478 e. The van der Waals surface area contributed by atoms with E-state index in [0.717, 1.165) is 0 Å². The Bertz CT molecular complexity index is 535. The SMILES string of the molecule is Cl.Cl.O=S=Nc1c(I)c(C(=O)O)c(I)c(C(=O)O)c1I. The smallest absolute Gasteiger partial charge is 0.337 e. The van der Waals surface area contributed by atoms with E-state index in [1.165, 1.54) is 0 Å². The van der Waals surface area contributed by atoms with Crippen molar-refractivity contribution in [1.82, 2.24) is 0 Å². The number of hydrogen-bond acceptors (Lipinski definition) is 4. The quantitative estimate of drug-likeness (QED) is 0.475. The van der Waals surface area contributed by atoms with Gasteiger partial charge in [0.2, 0.25) is 11.5 Å². The standard InChI is InChI=1S/C8H2I3NO5S.2ClH/c9-3-1(7(13)14)4(10)6(12-18-17)5(11)2(3)8(15)16;;/h(H,13,14)(H,15,16);2*1H. The Labute approximate surface area is 170 Å². The molecule has 0 bridgehead atoms. The van der Waals surface area contributed by atoms with E-state index in [0.29, 0.717) is 0 Å². The van der Waals surface area contributed by atoms with Crippen LogP contribution < -0.4 is 0 Å². The molecule has 12 heteroatoms. The van der Waals surface area contributed by atoms with Crippen molar-refractivity contribution >= 4 is 122 Å². The van der Waals surface area contributed by atoms with E-state index in [1.807, 2.05) is 0 Å². The van der Waals surface area contributed by atoms with Gasteiger partial charge in [-0.3, -0.25) is 0 Å². The topological polar surface area (TPSA) is 104 Å². The molecule has 6 nitrogen and oxygen atoms in total. The summed E-state index contributed by atoms with van der Waals surface area (Å²) in [7, 11) is 0. The van der Waals surface area contributed by atoms with Crippen LogP contribution >= 0.6 is 92.6 Å². The van der Waals surface area contributed by atoms with Crippen molar-refractivity contribution in [2.75, 3.05) is 0 Å². The maximum Gasteiger partial charge on any atom is 0.337 e. The molecule has 0 fully saturated rings. The zero-order valence-electron chi connectivity index (χ0n) is 8.93. The predicted octanol–water partition coefficient (Wildman–Crippen LogP) is 3.77. The van der Waals surface area contributed by atoms with Crippen LogP contribution in [0.4, 0.5) is 5.69 Å². The average molecular weight is 678 g/mol. The van der Waals surface area contributed by atoms with Crippen molar-refractivity contribution < 1.29 is 24.0 Å². The summed E-state index contributed by atoms with van der Waals surface area (Å²) < 4.78 is 14.7. The van der Waals surface area contributed by atoms with E-state index in [1.54, 1.807) is 67.8 Å². The third-order valence-corrected chi connectivity index (χ3v) is 5.29. The molecule has 0 saturated carbocycles. The number of hydrogen-bond donors (Lipinski definition) is 2. The number of aromatic carboxylic acids is 2. The van der Waals surface area contributed by atoms with Gasteiger partial charge < -0.3 is 10.2 Å². The van der Waals surface area contributed by atoms with Crippen molar-refractivity contribution in [3.63, 3.8) is 0 Å². The Morgan fingerprint density at radius 1 is 0.900 bits per heavy atom. The van der Waals surface area contributed by atoms with Crippen LogP contribution in [0, 0.1) is 10.7 Å². The summed E-state index contributed by atoms with van der Waals surface area (Å²) in [5.74, 6) is -2.51. The van der Waals surface area contributed by atoms with Gasteiger partial charge in [0.1, 0.15) is 5.69 Å². The number of nitrogens with zero attached hydrogens (tertiary/aromatic N) is 1. The highest BCUT2D eigenvalue weighted by Crippen LogP contribution is 2.37. The third-order valence-electron chi connectivity index (χ3n) is 1.85. The summed E-state index contributed by atoms with van der Waals surface area (Å²) >= 11 is 5.06. The molecule has 0 aliphatic rings. The molecule has 1 aromatic rings. The molecule has 0 aromatic heterocycles. The van der Waals surface area contributed by atoms with Gasteiger partial charge in [0, 0.05) is 3.57 Å². The van der Waals surface area contributed by atoms with Gasteiger partial charge in [-0.1, -0.05) is 0 Å². The summed E-state index contributed by atoms with van der Waals surface area (Å²) in [6.07, 6.45) is 0. The first-order valence-corrected chi connectivity index (χ1v) is 7.93. The van der Waals surface area contributed by atoms with Crippen LogP contribution in [0.2, 0.25) is 0 Å². The Hall–Kier alpha value is 0.750. The minimum Gasteiger partial charge on any atom is -0.478 e. The maximum atomic E-state index is 11.2. The lowest BCUT2D eigenvalue weighted by Gasteiger charge is -2.11. The molecule has 0 atom stereocenters. The Morgan fingerprint density at radius 3 is 1.50 bits per heavy atom. The monoisotopic (exact) mass is 677 g/mol. The molecular weight excluding hydrogens is 674 g/mol. The molecule has 20 heavy (non-hydrogen) atoms. The number of carboxylic acid groups (broad SMARTS) is 2. The summed E-state index contributed by atoms with van der Waals surface area (Å²) in [5.41, 5.74) is -0.213. The molecule has 0 aliphatic heterocycles. The molecule has 2 N–H and O–H groups in total. The third kappa shape index (κ3) is 4.62. The molecular formula is C8H4Cl2I3NO5S. The van der Waals surface area contributed by atoms with Crippen LogP contribution in [0.25, 0.3) is 0 Å². The summed E-state index contributed by atoms with van der Waals surface area (Å²) in [5, 5.41) is 18.2. The van der Waals surface area contributed by atoms with Gasteiger partial charge in [0.05, 0.1) is 18.3 Å². The zero-order chi connectivity index (χ0) is 14.0. The molecule has 1 rings (SSSR count). The van der Waals surface area contributed by atoms with Crippen LogP contribution in [0.1, 0.15) is 20.7 Å². The van der Waals surface area contributed by atoms with Gasteiger partial charge in [-0.05, 0) is 67.8 Å². The van der Waals surface area contributed by atoms with Crippen LogP contribution in [0.15, 0.2) is 4.36 Å². The van der Waals surface area contributed by atoms with Gasteiger partial charge >= 0.3 is 11.9 Å². The molecule has 0 amide bonds. The number of halogens is 5. The molecule has 0 aliphatic carbocycles. The van der Waals surface area contributed by atoms with E-state index in [-0.39, 0.29) is 63.8 Å². The fraction of sp³-hybridized carbons (Fsp3) is 0. The number of rotatable bonds is 3. The lowest BCUT2D eigenvalue weighted by Crippen LogP contribution is -2.12. The van der Waals surface area contributed by atoms with Crippen molar-refractivity contribution in [2.45, 2.75) is 0 Å². The second-order valence-electron chi connectivity index (χ2n) is 2.82. The van der Waals surface area contributed by atoms with Crippen molar-refractivity contribution in [3.8, 4) is 0 Å². The summed E-state index contributed by atoms with van der Waals surface area (Å²) in [4.78, 5) is 22.3. The van der Waals surface area contributed by atoms with Crippen molar-refractivity contribution in [3.05, 3.63) is 21.8 Å². The number of benzene rings is 1. The minimum atomic E-state index is -1.25. The predicted molar refractivity (Wildman–Crippen MR) is 103 cm³/mol. The second kappa shape index (κ2) is 9.70. The fourth-order valence-electron chi connectivity index (χ4n) is 1.14. The van der Waals surface area contributed by atoms with Crippen LogP contribution in [-0.4, -0.2) is 26.4 Å². The van der Waals surface area contributed by atoms with E-state index in [2.05, 4.69) is 4.36 Å². The lowest BCUT2D eigenvalue weighted by molar-refractivity contribution is 0.0694. The van der Waals surface area contributed by atoms with Crippen LogP contribution in [-0.2, 0) is 11.5 Å². The Morgan fingerprint density at radius 2 is 1.25 bits per heavy atom. The van der Waals surface area contributed by atoms with Gasteiger partial charge in [0.15, 0.2) is 0 Å². The zero-order valence-corrected chi connectivity index (χ0v) is 17.8. The van der Waals surface area contributed by atoms with Crippen molar-refractivity contribution in [1.29, 1.82) is 0 Å². The van der Waals surface area contributed by atoms with E-state index < -0.39 is 11.9 Å². The van der Waals surface area contributed by atoms with E-state index in [4.69, 9.17) is 10.2 Å². The molecule has 0 unspecified atom stereocenters. The van der Waals surface area contributed by atoms with Gasteiger partial charge in [-0.15, -0.1) is 24.8 Å². The van der Waals surface area contributed by atoms with Crippen LogP contribution in [0.3, 0.4) is 0 Å². The first-order chi connectivity index (χ1) is 8.32. The van der Waals surface area contributed by atoms with E-state index in [9.17, 15) is 13.8 Å². The van der Waals surface area contributed by atoms with E-state index >= 15 is 0 Å². The average Bonchev–Trinajstić information content (AvgIpc) is 2.23. The molecule has 0 heterocycles. The first kappa shape index (κ1) is 23.0. The molecule has 0 spiro atoms. The summed E-state index contributed by atoms with van der Waals surface area (Å²) in [6, 6.07) is 0. The number of carbonyl (C=O) groups is 2. The van der Waals surface area contributed by atoms with Gasteiger partial charge in [0.25, 0.3) is 0 Å². The first-order valence-electron chi connectivity index (χ1n) is 4.00.